The quantitative estimate of drug-likeness (QED) is 0.855. The summed E-state index contributed by atoms with van der Waals surface area (Å²) in [6, 6.07) is -0.112. The van der Waals surface area contributed by atoms with Gasteiger partial charge in [0.1, 0.15) is 10.7 Å². The van der Waals surface area contributed by atoms with Gasteiger partial charge in [0.15, 0.2) is 0 Å². The third-order valence-corrected chi connectivity index (χ3v) is 6.62. The third kappa shape index (κ3) is 2.82. The Labute approximate surface area is 154 Å². The average molecular weight is 375 g/mol. The highest BCUT2D eigenvalue weighted by Gasteiger charge is 2.36. The molecular formula is C18H21N3O4S. The number of carboxylic acid groups (broad SMARTS) is 1. The number of aliphatic carboxylic acids is 1. The van der Waals surface area contributed by atoms with Crippen LogP contribution in [0, 0.1) is 12.8 Å². The fraction of sp³-hybridized carbons (Fsp3) is 0.556. The number of amides is 1. The molecule has 0 aromatic carbocycles. The first kappa shape index (κ1) is 17.2. The summed E-state index contributed by atoms with van der Waals surface area (Å²) < 4.78 is 1.76. The van der Waals surface area contributed by atoms with E-state index in [0.717, 1.165) is 31.5 Å². The van der Waals surface area contributed by atoms with Gasteiger partial charge >= 0.3 is 5.97 Å². The predicted molar refractivity (Wildman–Crippen MR) is 97.8 cm³/mol. The van der Waals surface area contributed by atoms with Crippen LogP contribution >= 0.6 is 11.3 Å². The number of carboxylic acids is 1. The molecule has 2 aliphatic rings. The van der Waals surface area contributed by atoms with Gasteiger partial charge in [0.25, 0.3) is 11.5 Å². The minimum absolute atomic E-state index is 0.0470. The number of nitrogens with zero attached hydrogens (tertiary/aromatic N) is 2. The molecule has 1 saturated carbocycles. The molecule has 1 fully saturated rings. The number of carbonyl (C=O) groups is 2. The van der Waals surface area contributed by atoms with Crippen LogP contribution in [0.4, 0.5) is 0 Å². The van der Waals surface area contributed by atoms with Crippen molar-refractivity contribution in [2.45, 2.75) is 58.0 Å². The van der Waals surface area contributed by atoms with E-state index >= 15 is 0 Å². The SMILES string of the molecule is Cc1c(C(=O)NC2CC(C(=O)O)C2)sc2nc3n(c(=O)c12)CCCCC3. The zero-order valence-electron chi connectivity index (χ0n) is 14.6. The van der Waals surface area contributed by atoms with Gasteiger partial charge in [0, 0.05) is 19.0 Å². The lowest BCUT2D eigenvalue weighted by atomic mass is 9.80. The van der Waals surface area contributed by atoms with E-state index in [1.807, 2.05) is 0 Å². The zero-order chi connectivity index (χ0) is 18.4. The fourth-order valence-electron chi connectivity index (χ4n) is 3.81. The molecule has 3 heterocycles. The Morgan fingerprint density at radius 2 is 2.04 bits per heavy atom. The van der Waals surface area contributed by atoms with Gasteiger partial charge in [-0.3, -0.25) is 19.0 Å². The number of aromatic nitrogens is 2. The third-order valence-electron chi connectivity index (χ3n) is 5.44. The second kappa shape index (κ2) is 6.50. The van der Waals surface area contributed by atoms with Crippen LogP contribution in [0.5, 0.6) is 0 Å². The van der Waals surface area contributed by atoms with E-state index in [2.05, 4.69) is 10.3 Å². The molecule has 2 aromatic heterocycles. The summed E-state index contributed by atoms with van der Waals surface area (Å²) in [7, 11) is 0. The normalized spacial score (nSPS) is 22.3. The smallest absolute Gasteiger partial charge is 0.306 e. The maximum absolute atomic E-state index is 12.9. The van der Waals surface area contributed by atoms with E-state index in [9.17, 15) is 14.4 Å². The number of rotatable bonds is 3. The molecule has 8 heteroatoms. The van der Waals surface area contributed by atoms with Crippen molar-refractivity contribution in [2.24, 2.45) is 5.92 Å². The van der Waals surface area contributed by atoms with Crippen molar-refractivity contribution in [3.05, 3.63) is 26.6 Å². The zero-order valence-corrected chi connectivity index (χ0v) is 15.4. The van der Waals surface area contributed by atoms with Crippen molar-refractivity contribution in [1.29, 1.82) is 0 Å². The van der Waals surface area contributed by atoms with Gasteiger partial charge in [-0.25, -0.2) is 4.98 Å². The van der Waals surface area contributed by atoms with Gasteiger partial charge in [-0.2, -0.15) is 0 Å². The molecule has 2 aromatic rings. The fourth-order valence-corrected chi connectivity index (χ4v) is 4.91. The van der Waals surface area contributed by atoms with Crippen LogP contribution in [0.25, 0.3) is 10.2 Å². The Morgan fingerprint density at radius 3 is 2.77 bits per heavy atom. The summed E-state index contributed by atoms with van der Waals surface area (Å²) in [6.45, 7) is 2.48. The first-order valence-electron chi connectivity index (χ1n) is 9.02. The molecule has 1 aliphatic carbocycles. The van der Waals surface area contributed by atoms with Gasteiger partial charge in [0.05, 0.1) is 16.2 Å². The molecule has 0 radical (unpaired) electrons. The topological polar surface area (TPSA) is 101 Å². The summed E-state index contributed by atoms with van der Waals surface area (Å²) in [5.41, 5.74) is 0.628. The van der Waals surface area contributed by atoms with Crippen LogP contribution in [-0.4, -0.2) is 32.6 Å². The number of fused-ring (bicyclic) bond motifs is 2. The predicted octanol–water partition coefficient (Wildman–Crippen LogP) is 2.09. The first-order chi connectivity index (χ1) is 12.5. The summed E-state index contributed by atoms with van der Waals surface area (Å²) >= 11 is 1.26. The highest BCUT2D eigenvalue weighted by Crippen LogP contribution is 2.31. The molecule has 138 valence electrons. The number of hydrogen-bond acceptors (Lipinski definition) is 5. The molecule has 0 spiro atoms. The molecule has 26 heavy (non-hydrogen) atoms. The Hall–Kier alpha value is -2.22. The monoisotopic (exact) mass is 375 g/mol. The minimum Gasteiger partial charge on any atom is -0.481 e. The standard InChI is InChI=1S/C18H21N3O4S/c1-9-13-16(20-12-5-3-2-4-6-21(12)17(13)23)26-14(9)15(22)19-11-7-10(8-11)18(24)25/h10-11H,2-8H2,1H3,(H,19,22)(H,24,25). The molecule has 0 atom stereocenters. The number of thiophene rings is 1. The molecule has 2 N–H and O–H groups in total. The average Bonchev–Trinajstić information content (AvgIpc) is 2.74. The second-order valence-corrected chi connectivity index (χ2v) is 8.21. The van der Waals surface area contributed by atoms with Crippen molar-refractivity contribution in [3.63, 3.8) is 0 Å². The van der Waals surface area contributed by atoms with Crippen molar-refractivity contribution in [2.75, 3.05) is 0 Å². The lowest BCUT2D eigenvalue weighted by molar-refractivity contribution is -0.145. The van der Waals surface area contributed by atoms with Crippen molar-refractivity contribution in [3.8, 4) is 0 Å². The molecule has 0 bridgehead atoms. The highest BCUT2D eigenvalue weighted by atomic mass is 32.1. The van der Waals surface area contributed by atoms with Crippen LogP contribution in [0.15, 0.2) is 4.79 Å². The second-order valence-electron chi connectivity index (χ2n) is 7.21. The van der Waals surface area contributed by atoms with Crippen molar-refractivity contribution < 1.29 is 14.7 Å². The Morgan fingerprint density at radius 1 is 1.27 bits per heavy atom. The van der Waals surface area contributed by atoms with E-state index in [1.165, 1.54) is 11.3 Å². The van der Waals surface area contributed by atoms with E-state index in [1.54, 1.807) is 11.5 Å². The highest BCUT2D eigenvalue weighted by molar-refractivity contribution is 7.20. The lowest BCUT2D eigenvalue weighted by Gasteiger charge is -2.32. The molecule has 0 saturated heterocycles. The molecule has 1 amide bonds. The molecule has 1 aliphatic heterocycles. The lowest BCUT2D eigenvalue weighted by Crippen LogP contribution is -2.46. The Kier molecular flexibility index (Phi) is 4.30. The van der Waals surface area contributed by atoms with Crippen LogP contribution in [-0.2, 0) is 17.8 Å². The molecule has 7 nitrogen and oxygen atoms in total. The van der Waals surface area contributed by atoms with Gasteiger partial charge in [-0.15, -0.1) is 11.3 Å². The number of carbonyl (C=O) groups excluding carboxylic acids is 1. The maximum atomic E-state index is 12.9. The number of hydrogen-bond donors (Lipinski definition) is 2. The maximum Gasteiger partial charge on any atom is 0.306 e. The summed E-state index contributed by atoms with van der Waals surface area (Å²) in [6.07, 6.45) is 4.82. The van der Waals surface area contributed by atoms with Crippen LogP contribution in [0.1, 0.15) is 53.2 Å². The Bertz CT molecular complexity index is 955. The van der Waals surface area contributed by atoms with Gasteiger partial charge in [-0.05, 0) is 38.2 Å². The van der Waals surface area contributed by atoms with E-state index < -0.39 is 5.97 Å². The van der Waals surface area contributed by atoms with Crippen molar-refractivity contribution >= 4 is 33.4 Å². The summed E-state index contributed by atoms with van der Waals surface area (Å²) in [5, 5.41) is 12.4. The Balaban J connectivity index is 1.64. The summed E-state index contributed by atoms with van der Waals surface area (Å²) in [4.78, 5) is 42.2. The van der Waals surface area contributed by atoms with Crippen molar-refractivity contribution in [1.82, 2.24) is 14.9 Å². The van der Waals surface area contributed by atoms with Gasteiger partial charge in [-0.1, -0.05) is 6.42 Å². The molecular weight excluding hydrogens is 354 g/mol. The van der Waals surface area contributed by atoms with E-state index in [0.29, 0.717) is 40.0 Å². The first-order valence-corrected chi connectivity index (χ1v) is 9.84. The summed E-state index contributed by atoms with van der Waals surface area (Å²) in [5.74, 6) is -0.603. The largest absolute Gasteiger partial charge is 0.481 e. The van der Waals surface area contributed by atoms with Crippen LogP contribution in [0.3, 0.4) is 0 Å². The van der Waals surface area contributed by atoms with Crippen LogP contribution < -0.4 is 10.9 Å². The van der Waals surface area contributed by atoms with Gasteiger partial charge < -0.3 is 10.4 Å². The van der Waals surface area contributed by atoms with Gasteiger partial charge in [0.2, 0.25) is 0 Å². The number of nitrogens with one attached hydrogen (secondary N) is 1. The number of aryl methyl sites for hydroxylation is 2. The van der Waals surface area contributed by atoms with Crippen LogP contribution in [0.2, 0.25) is 0 Å². The minimum atomic E-state index is -0.813. The van der Waals surface area contributed by atoms with E-state index in [-0.39, 0.29) is 23.4 Å². The molecule has 4 rings (SSSR count). The molecule has 0 unspecified atom stereocenters. The van der Waals surface area contributed by atoms with E-state index in [4.69, 9.17) is 5.11 Å².